The minimum atomic E-state index is 0.962. The average molecular weight is 243 g/mol. The van der Waals surface area contributed by atoms with E-state index in [0.717, 1.165) is 30.9 Å². The van der Waals surface area contributed by atoms with Crippen LogP contribution in [-0.4, -0.2) is 13.1 Å². The van der Waals surface area contributed by atoms with Crippen LogP contribution in [0.1, 0.15) is 32.4 Å². The zero-order valence-corrected chi connectivity index (χ0v) is 11.2. The van der Waals surface area contributed by atoms with Crippen molar-refractivity contribution in [2.45, 2.75) is 26.7 Å². The van der Waals surface area contributed by atoms with Crippen molar-refractivity contribution in [1.29, 1.82) is 0 Å². The lowest BCUT2D eigenvalue weighted by atomic mass is 10.2. The van der Waals surface area contributed by atoms with E-state index in [1.165, 1.54) is 17.4 Å². The van der Waals surface area contributed by atoms with E-state index in [9.17, 15) is 0 Å². The number of benzene rings is 1. The van der Waals surface area contributed by atoms with Gasteiger partial charge in [-0.05, 0) is 50.6 Å². The Hall–Kier alpha value is -1.54. The van der Waals surface area contributed by atoms with Crippen LogP contribution in [0.2, 0.25) is 0 Å². The monoisotopic (exact) mass is 243 g/mol. The van der Waals surface area contributed by atoms with Gasteiger partial charge in [-0.25, -0.2) is 0 Å². The summed E-state index contributed by atoms with van der Waals surface area (Å²) in [5.74, 6) is 0.978. The Bertz CT molecular complexity index is 492. The van der Waals surface area contributed by atoms with Gasteiger partial charge < -0.3 is 9.73 Å². The van der Waals surface area contributed by atoms with E-state index in [1.54, 1.807) is 0 Å². The van der Waals surface area contributed by atoms with E-state index in [0.29, 0.717) is 0 Å². The van der Waals surface area contributed by atoms with E-state index in [2.05, 4.69) is 37.4 Å². The summed E-state index contributed by atoms with van der Waals surface area (Å²) in [5, 5.41) is 4.56. The maximum absolute atomic E-state index is 5.82. The summed E-state index contributed by atoms with van der Waals surface area (Å²) in [6.07, 6.45) is 4.47. The lowest BCUT2D eigenvalue weighted by Gasteiger charge is -2.00. The number of hydrogen-bond donors (Lipinski definition) is 1. The first-order chi connectivity index (χ1) is 8.81. The molecule has 0 fully saturated rings. The second kappa shape index (κ2) is 6.41. The van der Waals surface area contributed by atoms with Crippen molar-refractivity contribution in [1.82, 2.24) is 5.32 Å². The quantitative estimate of drug-likeness (QED) is 0.768. The molecule has 0 unspecified atom stereocenters. The Morgan fingerprint density at radius 1 is 1.28 bits per heavy atom. The highest BCUT2D eigenvalue weighted by Gasteiger charge is 2.03. The maximum Gasteiger partial charge on any atom is 0.134 e. The molecule has 0 saturated heterocycles. The van der Waals surface area contributed by atoms with Gasteiger partial charge in [0.15, 0.2) is 0 Å². The van der Waals surface area contributed by atoms with Crippen molar-refractivity contribution in [3.63, 3.8) is 0 Å². The van der Waals surface area contributed by atoms with Crippen LogP contribution in [0.15, 0.2) is 40.8 Å². The number of furan rings is 1. The standard InChI is InChI=1S/C16H21NO/c1-3-10-17-11-6-7-13(2)16-12-14-8-4-5-9-15(14)18-16/h4-5,7-9,12,17H,3,6,10-11H2,1-2H3/b13-7-. The second-order valence-corrected chi connectivity index (χ2v) is 4.57. The maximum atomic E-state index is 5.82. The van der Waals surface area contributed by atoms with Crippen molar-refractivity contribution in [2.75, 3.05) is 13.1 Å². The van der Waals surface area contributed by atoms with Gasteiger partial charge in [0.1, 0.15) is 11.3 Å². The van der Waals surface area contributed by atoms with E-state index in [-0.39, 0.29) is 0 Å². The van der Waals surface area contributed by atoms with Gasteiger partial charge in [0.05, 0.1) is 0 Å². The molecule has 2 nitrogen and oxygen atoms in total. The molecule has 1 aromatic heterocycles. The van der Waals surface area contributed by atoms with Crippen LogP contribution < -0.4 is 5.32 Å². The van der Waals surface area contributed by atoms with Crippen molar-refractivity contribution >= 4 is 16.5 Å². The molecule has 0 saturated carbocycles. The SMILES string of the molecule is CCCNCC/C=C(/C)c1cc2ccccc2o1. The first-order valence-electron chi connectivity index (χ1n) is 6.67. The third-order valence-electron chi connectivity index (χ3n) is 3.01. The van der Waals surface area contributed by atoms with Gasteiger partial charge in [-0.2, -0.15) is 0 Å². The van der Waals surface area contributed by atoms with E-state index >= 15 is 0 Å². The smallest absolute Gasteiger partial charge is 0.134 e. The normalized spacial score (nSPS) is 12.2. The summed E-state index contributed by atoms with van der Waals surface area (Å²) in [7, 11) is 0. The predicted octanol–water partition coefficient (Wildman–Crippen LogP) is 4.23. The van der Waals surface area contributed by atoms with Crippen LogP contribution >= 0.6 is 0 Å². The van der Waals surface area contributed by atoms with Crippen LogP contribution in [0.5, 0.6) is 0 Å². The molecule has 0 spiro atoms. The number of hydrogen-bond acceptors (Lipinski definition) is 2. The Kier molecular flexibility index (Phi) is 4.59. The minimum absolute atomic E-state index is 0.962. The molecule has 1 heterocycles. The second-order valence-electron chi connectivity index (χ2n) is 4.57. The molecule has 2 rings (SSSR count). The topological polar surface area (TPSA) is 25.2 Å². The molecule has 0 amide bonds. The predicted molar refractivity (Wildman–Crippen MR) is 77.6 cm³/mol. The van der Waals surface area contributed by atoms with E-state index < -0.39 is 0 Å². The zero-order chi connectivity index (χ0) is 12.8. The molecule has 0 atom stereocenters. The van der Waals surface area contributed by atoms with Crippen molar-refractivity contribution in [2.24, 2.45) is 0 Å². The zero-order valence-electron chi connectivity index (χ0n) is 11.2. The first-order valence-corrected chi connectivity index (χ1v) is 6.67. The summed E-state index contributed by atoms with van der Waals surface area (Å²) >= 11 is 0. The molecule has 2 heteroatoms. The molecule has 0 bridgehead atoms. The van der Waals surface area contributed by atoms with Gasteiger partial charge in [-0.3, -0.25) is 0 Å². The summed E-state index contributed by atoms with van der Waals surface area (Å²) in [5.41, 5.74) is 2.17. The van der Waals surface area contributed by atoms with Crippen LogP contribution in [0.3, 0.4) is 0 Å². The number of rotatable bonds is 6. The highest BCUT2D eigenvalue weighted by atomic mass is 16.3. The van der Waals surface area contributed by atoms with Crippen molar-refractivity contribution in [3.8, 4) is 0 Å². The third-order valence-corrected chi connectivity index (χ3v) is 3.01. The fourth-order valence-electron chi connectivity index (χ4n) is 1.97. The Morgan fingerprint density at radius 3 is 2.89 bits per heavy atom. The average Bonchev–Trinajstić information content (AvgIpc) is 2.82. The summed E-state index contributed by atoms with van der Waals surface area (Å²) < 4.78 is 5.82. The fourth-order valence-corrected chi connectivity index (χ4v) is 1.97. The lowest BCUT2D eigenvalue weighted by molar-refractivity contribution is 0.598. The van der Waals surface area contributed by atoms with Crippen LogP contribution in [0.4, 0.5) is 0 Å². The van der Waals surface area contributed by atoms with Gasteiger partial charge in [-0.1, -0.05) is 31.2 Å². The highest BCUT2D eigenvalue weighted by Crippen LogP contribution is 2.24. The summed E-state index contributed by atoms with van der Waals surface area (Å²) in [4.78, 5) is 0. The molecule has 0 aliphatic heterocycles. The molecule has 1 aromatic carbocycles. The summed E-state index contributed by atoms with van der Waals surface area (Å²) in [6.45, 7) is 6.42. The molecule has 18 heavy (non-hydrogen) atoms. The van der Waals surface area contributed by atoms with Gasteiger partial charge in [0.2, 0.25) is 0 Å². The first kappa shape index (κ1) is 12.9. The van der Waals surface area contributed by atoms with E-state index in [1.807, 2.05) is 18.2 Å². The van der Waals surface area contributed by atoms with Gasteiger partial charge >= 0.3 is 0 Å². The molecule has 2 aromatic rings. The highest BCUT2D eigenvalue weighted by molar-refractivity contribution is 5.81. The van der Waals surface area contributed by atoms with Crippen molar-refractivity contribution in [3.05, 3.63) is 42.2 Å². The number of fused-ring (bicyclic) bond motifs is 1. The van der Waals surface area contributed by atoms with Crippen LogP contribution in [-0.2, 0) is 0 Å². The number of para-hydroxylation sites is 1. The largest absolute Gasteiger partial charge is 0.456 e. The third kappa shape index (κ3) is 3.23. The number of allylic oxidation sites excluding steroid dienone is 1. The fraction of sp³-hybridized carbons (Fsp3) is 0.375. The van der Waals surface area contributed by atoms with Gasteiger partial charge in [0, 0.05) is 5.39 Å². The van der Waals surface area contributed by atoms with Gasteiger partial charge in [-0.15, -0.1) is 0 Å². The molecule has 0 aliphatic rings. The van der Waals surface area contributed by atoms with E-state index in [4.69, 9.17) is 4.42 Å². The van der Waals surface area contributed by atoms with Crippen LogP contribution in [0, 0.1) is 0 Å². The number of nitrogens with one attached hydrogen (secondary N) is 1. The molecule has 0 radical (unpaired) electrons. The Labute approximate surface area is 109 Å². The molecule has 96 valence electrons. The molecule has 0 aliphatic carbocycles. The Balaban J connectivity index is 1.99. The molecule has 1 N–H and O–H groups in total. The van der Waals surface area contributed by atoms with Crippen molar-refractivity contribution < 1.29 is 4.42 Å². The van der Waals surface area contributed by atoms with Crippen LogP contribution in [0.25, 0.3) is 16.5 Å². The Morgan fingerprint density at radius 2 is 2.11 bits per heavy atom. The minimum Gasteiger partial charge on any atom is -0.456 e. The summed E-state index contributed by atoms with van der Waals surface area (Å²) in [6, 6.07) is 10.2. The lowest BCUT2D eigenvalue weighted by Crippen LogP contribution is -2.15. The molecular formula is C16H21NO. The molecular weight excluding hydrogens is 222 g/mol. The van der Waals surface area contributed by atoms with Gasteiger partial charge in [0.25, 0.3) is 0 Å².